The Hall–Kier alpha value is -1.54. The van der Waals surface area contributed by atoms with Crippen molar-refractivity contribution in [2.45, 2.75) is 19.4 Å². The number of rotatable bonds is 3. The van der Waals surface area contributed by atoms with E-state index >= 15 is 0 Å². The van der Waals surface area contributed by atoms with Gasteiger partial charge in [0.1, 0.15) is 0 Å². The molecule has 3 N–H and O–H groups in total. The third-order valence-electron chi connectivity index (χ3n) is 2.67. The molecular formula is C13H16N2. The molecule has 2 rings (SSSR count). The standard InChI is InChI=1S/C13H16N2/c1-2-12(14)13-11(8-9-15-13)10-6-4-3-5-7-10/h3-9,12,15H,2,14H2,1H3. The molecule has 1 unspecified atom stereocenters. The molecule has 2 heteroatoms. The van der Waals surface area contributed by atoms with E-state index in [1.807, 2.05) is 24.4 Å². The molecule has 2 aromatic rings. The third-order valence-corrected chi connectivity index (χ3v) is 2.67. The zero-order chi connectivity index (χ0) is 10.7. The highest BCUT2D eigenvalue weighted by Gasteiger charge is 2.11. The zero-order valence-corrected chi connectivity index (χ0v) is 8.90. The predicted molar refractivity (Wildman–Crippen MR) is 63.4 cm³/mol. The third kappa shape index (κ3) is 1.95. The summed E-state index contributed by atoms with van der Waals surface area (Å²) in [6, 6.07) is 12.5. The van der Waals surface area contributed by atoms with Gasteiger partial charge in [-0.3, -0.25) is 0 Å². The van der Waals surface area contributed by atoms with Crippen LogP contribution in [-0.2, 0) is 0 Å². The van der Waals surface area contributed by atoms with Gasteiger partial charge in [0.25, 0.3) is 0 Å². The molecule has 15 heavy (non-hydrogen) atoms. The van der Waals surface area contributed by atoms with Gasteiger partial charge < -0.3 is 10.7 Å². The van der Waals surface area contributed by atoms with Gasteiger partial charge in [-0.05, 0) is 18.1 Å². The van der Waals surface area contributed by atoms with Crippen LogP contribution in [0.4, 0.5) is 0 Å². The quantitative estimate of drug-likeness (QED) is 0.785. The van der Waals surface area contributed by atoms with Crippen molar-refractivity contribution in [3.05, 3.63) is 48.3 Å². The molecule has 1 atom stereocenters. The molecule has 1 aromatic heterocycles. The van der Waals surface area contributed by atoms with E-state index in [1.54, 1.807) is 0 Å². The molecule has 2 nitrogen and oxygen atoms in total. The van der Waals surface area contributed by atoms with Crippen molar-refractivity contribution in [3.63, 3.8) is 0 Å². The van der Waals surface area contributed by atoms with Gasteiger partial charge in [-0.15, -0.1) is 0 Å². The summed E-state index contributed by atoms with van der Waals surface area (Å²) in [6.07, 6.45) is 2.90. The lowest BCUT2D eigenvalue weighted by Crippen LogP contribution is -2.09. The number of H-pyrrole nitrogens is 1. The summed E-state index contributed by atoms with van der Waals surface area (Å²) in [7, 11) is 0. The smallest absolute Gasteiger partial charge is 0.0451 e. The largest absolute Gasteiger partial charge is 0.363 e. The van der Waals surface area contributed by atoms with Gasteiger partial charge in [0.2, 0.25) is 0 Å². The number of nitrogens with two attached hydrogens (primary N) is 1. The SMILES string of the molecule is CCC(N)c1[nH]ccc1-c1ccccc1. The lowest BCUT2D eigenvalue weighted by atomic mass is 10.0. The molecule has 0 bridgehead atoms. The van der Waals surface area contributed by atoms with Crippen molar-refractivity contribution in [2.24, 2.45) is 5.73 Å². The van der Waals surface area contributed by atoms with Gasteiger partial charge in [-0.25, -0.2) is 0 Å². The Morgan fingerprint density at radius 2 is 1.93 bits per heavy atom. The lowest BCUT2D eigenvalue weighted by molar-refractivity contribution is 0.682. The van der Waals surface area contributed by atoms with Gasteiger partial charge in [0.15, 0.2) is 0 Å². The molecule has 0 amide bonds. The van der Waals surface area contributed by atoms with E-state index < -0.39 is 0 Å². The maximum Gasteiger partial charge on any atom is 0.0451 e. The van der Waals surface area contributed by atoms with Crippen LogP contribution in [0.5, 0.6) is 0 Å². The van der Waals surface area contributed by atoms with Gasteiger partial charge >= 0.3 is 0 Å². The van der Waals surface area contributed by atoms with Crippen molar-refractivity contribution in [1.82, 2.24) is 4.98 Å². The van der Waals surface area contributed by atoms with Crippen molar-refractivity contribution in [2.75, 3.05) is 0 Å². The molecule has 0 saturated carbocycles. The van der Waals surface area contributed by atoms with E-state index in [9.17, 15) is 0 Å². The van der Waals surface area contributed by atoms with Crippen molar-refractivity contribution >= 4 is 0 Å². The molecule has 0 radical (unpaired) electrons. The number of aromatic nitrogens is 1. The highest BCUT2D eigenvalue weighted by atomic mass is 14.8. The molecule has 0 aliphatic heterocycles. The predicted octanol–water partition coefficient (Wildman–Crippen LogP) is 3.09. The van der Waals surface area contributed by atoms with E-state index in [2.05, 4.69) is 30.1 Å². The van der Waals surface area contributed by atoms with Crippen LogP contribution in [0.25, 0.3) is 11.1 Å². The van der Waals surface area contributed by atoms with Crippen LogP contribution in [0.2, 0.25) is 0 Å². The van der Waals surface area contributed by atoms with Crippen LogP contribution in [-0.4, -0.2) is 4.98 Å². The number of nitrogens with one attached hydrogen (secondary N) is 1. The highest BCUT2D eigenvalue weighted by Crippen LogP contribution is 2.27. The van der Waals surface area contributed by atoms with Gasteiger partial charge in [-0.1, -0.05) is 37.3 Å². The van der Waals surface area contributed by atoms with Gasteiger partial charge in [0.05, 0.1) is 0 Å². The fourth-order valence-corrected chi connectivity index (χ4v) is 1.76. The molecule has 1 aromatic carbocycles. The Bertz CT molecular complexity index is 417. The summed E-state index contributed by atoms with van der Waals surface area (Å²) in [4.78, 5) is 3.23. The van der Waals surface area contributed by atoms with Crippen LogP contribution in [0.15, 0.2) is 42.6 Å². The summed E-state index contributed by atoms with van der Waals surface area (Å²) in [5, 5.41) is 0. The second-order valence-electron chi connectivity index (χ2n) is 3.69. The first-order valence-corrected chi connectivity index (χ1v) is 5.31. The Kier molecular flexibility index (Phi) is 2.88. The first kappa shape index (κ1) is 9.99. The Balaban J connectivity index is 2.41. The fourth-order valence-electron chi connectivity index (χ4n) is 1.76. The molecule has 1 heterocycles. The fraction of sp³-hybridized carbons (Fsp3) is 0.231. The van der Waals surface area contributed by atoms with Crippen molar-refractivity contribution in [1.29, 1.82) is 0 Å². The number of benzene rings is 1. The summed E-state index contributed by atoms with van der Waals surface area (Å²) >= 11 is 0. The first-order valence-electron chi connectivity index (χ1n) is 5.31. The van der Waals surface area contributed by atoms with Gasteiger partial charge in [0, 0.05) is 23.5 Å². The van der Waals surface area contributed by atoms with Gasteiger partial charge in [-0.2, -0.15) is 0 Å². The first-order chi connectivity index (χ1) is 7.33. The summed E-state index contributed by atoms with van der Waals surface area (Å²) in [5.41, 5.74) is 9.61. The number of hydrogen-bond acceptors (Lipinski definition) is 1. The van der Waals surface area contributed by atoms with Crippen LogP contribution in [0.3, 0.4) is 0 Å². The minimum absolute atomic E-state index is 0.0928. The molecule has 78 valence electrons. The number of aromatic amines is 1. The summed E-state index contributed by atoms with van der Waals surface area (Å²) in [5.74, 6) is 0. The van der Waals surface area contributed by atoms with Crippen LogP contribution in [0, 0.1) is 0 Å². The van der Waals surface area contributed by atoms with Crippen molar-refractivity contribution in [3.8, 4) is 11.1 Å². The summed E-state index contributed by atoms with van der Waals surface area (Å²) < 4.78 is 0. The zero-order valence-electron chi connectivity index (χ0n) is 8.90. The van der Waals surface area contributed by atoms with E-state index in [0.29, 0.717) is 0 Å². The molecule has 0 aliphatic rings. The van der Waals surface area contributed by atoms with Crippen molar-refractivity contribution < 1.29 is 0 Å². The van der Waals surface area contributed by atoms with Crippen LogP contribution >= 0.6 is 0 Å². The molecule has 0 spiro atoms. The maximum atomic E-state index is 6.05. The van der Waals surface area contributed by atoms with E-state index in [4.69, 9.17) is 5.73 Å². The Morgan fingerprint density at radius 1 is 1.20 bits per heavy atom. The minimum Gasteiger partial charge on any atom is -0.363 e. The average Bonchev–Trinajstić information content (AvgIpc) is 2.78. The summed E-state index contributed by atoms with van der Waals surface area (Å²) in [6.45, 7) is 2.10. The second kappa shape index (κ2) is 4.32. The highest BCUT2D eigenvalue weighted by molar-refractivity contribution is 5.66. The van der Waals surface area contributed by atoms with E-state index in [1.165, 1.54) is 11.1 Å². The molecule has 0 fully saturated rings. The molecular weight excluding hydrogens is 184 g/mol. The topological polar surface area (TPSA) is 41.8 Å². The Labute approximate surface area is 90.1 Å². The van der Waals surface area contributed by atoms with Crippen LogP contribution < -0.4 is 5.73 Å². The van der Waals surface area contributed by atoms with E-state index in [0.717, 1.165) is 12.1 Å². The Morgan fingerprint density at radius 3 is 2.60 bits per heavy atom. The average molecular weight is 200 g/mol. The monoisotopic (exact) mass is 200 g/mol. The van der Waals surface area contributed by atoms with E-state index in [-0.39, 0.29) is 6.04 Å². The molecule has 0 saturated heterocycles. The molecule has 0 aliphatic carbocycles. The number of hydrogen-bond donors (Lipinski definition) is 2. The minimum atomic E-state index is 0.0928. The maximum absolute atomic E-state index is 6.05. The normalized spacial score (nSPS) is 12.7. The van der Waals surface area contributed by atoms with Crippen LogP contribution in [0.1, 0.15) is 25.1 Å². The second-order valence-corrected chi connectivity index (χ2v) is 3.69. The lowest BCUT2D eigenvalue weighted by Gasteiger charge is -2.10.